The van der Waals surface area contributed by atoms with Crippen molar-refractivity contribution in [3.8, 4) is 0 Å². The van der Waals surface area contributed by atoms with E-state index in [0.29, 0.717) is 26.2 Å². The number of nitrogens with two attached hydrogens (primary N) is 2. The number of aliphatic hydroxyl groups excluding tert-OH is 2. The van der Waals surface area contributed by atoms with E-state index in [0.717, 1.165) is 64.7 Å². The van der Waals surface area contributed by atoms with Crippen LogP contribution in [0.15, 0.2) is 0 Å². The molecule has 0 aromatic heterocycles. The Morgan fingerprint density at radius 3 is 1.29 bits per heavy atom. The Hall–Kier alpha value is -1.30. The summed E-state index contributed by atoms with van der Waals surface area (Å²) in [6.45, 7) is 5.45. The Morgan fingerprint density at radius 1 is 0.607 bits per heavy atom. The lowest BCUT2D eigenvalue weighted by molar-refractivity contribution is -0.146. The number of hydrogen-bond acceptors (Lipinski definition) is 8. The summed E-state index contributed by atoms with van der Waals surface area (Å²) < 4.78 is 0. The molecule has 10 nitrogen and oxygen atoms in total. The molecule has 0 bridgehead atoms. The zero-order valence-corrected chi connectivity index (χ0v) is 16.9. The summed E-state index contributed by atoms with van der Waals surface area (Å²) in [5, 5.41) is 31.1. The molecular formula is C18H40N6O4. The molecule has 0 aliphatic rings. The predicted molar refractivity (Wildman–Crippen MR) is 110 cm³/mol. The lowest BCUT2D eigenvalue weighted by atomic mass is 10.1. The van der Waals surface area contributed by atoms with Gasteiger partial charge in [-0.2, -0.15) is 0 Å². The van der Waals surface area contributed by atoms with Gasteiger partial charge in [-0.15, -0.1) is 0 Å². The fourth-order valence-electron chi connectivity index (χ4n) is 2.37. The van der Waals surface area contributed by atoms with Gasteiger partial charge in [0, 0.05) is 13.1 Å². The van der Waals surface area contributed by atoms with Crippen LogP contribution in [0, 0.1) is 0 Å². The molecule has 0 fully saturated rings. The lowest BCUT2D eigenvalue weighted by Crippen LogP contribution is -2.49. The second-order valence-corrected chi connectivity index (χ2v) is 6.67. The third-order valence-corrected chi connectivity index (χ3v) is 4.11. The van der Waals surface area contributed by atoms with E-state index in [1.165, 1.54) is 0 Å². The molecule has 0 aromatic rings. The first-order valence-electron chi connectivity index (χ1n) is 10.3. The van der Waals surface area contributed by atoms with Crippen LogP contribution >= 0.6 is 0 Å². The van der Waals surface area contributed by atoms with Gasteiger partial charge in [0.25, 0.3) is 11.8 Å². The minimum Gasteiger partial charge on any atom is -0.380 e. The predicted octanol–water partition coefficient (Wildman–Crippen LogP) is -2.62. The van der Waals surface area contributed by atoms with Gasteiger partial charge in [0.2, 0.25) is 0 Å². The quantitative estimate of drug-likeness (QED) is 0.108. The van der Waals surface area contributed by atoms with Crippen LogP contribution < -0.4 is 32.7 Å². The highest BCUT2D eigenvalue weighted by atomic mass is 16.3. The highest BCUT2D eigenvalue weighted by Gasteiger charge is 2.29. The maximum Gasteiger partial charge on any atom is 0.252 e. The van der Waals surface area contributed by atoms with E-state index in [4.69, 9.17) is 11.5 Å². The molecule has 10 heteroatoms. The maximum atomic E-state index is 11.8. The van der Waals surface area contributed by atoms with E-state index < -0.39 is 24.0 Å². The van der Waals surface area contributed by atoms with Gasteiger partial charge in [-0.05, 0) is 77.8 Å². The fourth-order valence-corrected chi connectivity index (χ4v) is 2.37. The van der Waals surface area contributed by atoms with Crippen molar-refractivity contribution in [1.29, 1.82) is 0 Å². The highest BCUT2D eigenvalue weighted by molar-refractivity contribution is 5.90. The van der Waals surface area contributed by atoms with Gasteiger partial charge in [-0.3, -0.25) is 9.59 Å². The van der Waals surface area contributed by atoms with Crippen molar-refractivity contribution >= 4 is 11.8 Å². The van der Waals surface area contributed by atoms with E-state index in [1.807, 2.05) is 0 Å². The zero-order chi connectivity index (χ0) is 21.0. The van der Waals surface area contributed by atoms with Gasteiger partial charge >= 0.3 is 0 Å². The summed E-state index contributed by atoms with van der Waals surface area (Å²) in [6.07, 6.45) is 1.49. The second kappa shape index (κ2) is 19.0. The average molecular weight is 405 g/mol. The van der Waals surface area contributed by atoms with Crippen molar-refractivity contribution in [2.45, 2.75) is 50.7 Å². The van der Waals surface area contributed by atoms with Gasteiger partial charge in [0.1, 0.15) is 0 Å². The van der Waals surface area contributed by atoms with Gasteiger partial charge in [0.15, 0.2) is 12.2 Å². The first-order chi connectivity index (χ1) is 13.5. The Bertz CT molecular complexity index is 364. The van der Waals surface area contributed by atoms with Crippen LogP contribution in [-0.4, -0.2) is 86.6 Å². The Labute approximate surface area is 168 Å². The minimum absolute atomic E-state index is 0.375. The molecule has 0 saturated heterocycles. The average Bonchev–Trinajstić information content (AvgIpc) is 2.70. The van der Waals surface area contributed by atoms with E-state index in [2.05, 4.69) is 21.3 Å². The molecular weight excluding hydrogens is 364 g/mol. The summed E-state index contributed by atoms with van der Waals surface area (Å²) in [4.78, 5) is 23.6. The highest BCUT2D eigenvalue weighted by Crippen LogP contribution is 1.96. The monoisotopic (exact) mass is 404 g/mol. The van der Waals surface area contributed by atoms with Crippen LogP contribution in [-0.2, 0) is 9.59 Å². The van der Waals surface area contributed by atoms with E-state index in [9.17, 15) is 19.8 Å². The number of aliphatic hydroxyl groups is 2. The summed E-state index contributed by atoms with van der Waals surface area (Å²) in [6, 6.07) is 0. The minimum atomic E-state index is -1.78. The molecule has 2 amide bonds. The standard InChI is InChI=1S/C18H40N6O4/c19-7-5-11-21-9-1-3-13-23-17(27)15(25)16(26)18(28)24-14-4-2-10-22-12-6-8-20/h15-16,21-22,25-26H,1-14,19-20H2,(H,23,27)(H,24,28). The zero-order valence-electron chi connectivity index (χ0n) is 16.9. The van der Waals surface area contributed by atoms with Crippen LogP contribution in [0.4, 0.5) is 0 Å². The van der Waals surface area contributed by atoms with Crippen molar-refractivity contribution in [2.24, 2.45) is 11.5 Å². The van der Waals surface area contributed by atoms with E-state index in [1.54, 1.807) is 0 Å². The van der Waals surface area contributed by atoms with E-state index in [-0.39, 0.29) is 0 Å². The molecule has 0 rings (SSSR count). The summed E-state index contributed by atoms with van der Waals surface area (Å²) in [7, 11) is 0. The molecule has 166 valence electrons. The van der Waals surface area contributed by atoms with Crippen molar-refractivity contribution in [3.05, 3.63) is 0 Å². The van der Waals surface area contributed by atoms with Crippen molar-refractivity contribution < 1.29 is 19.8 Å². The van der Waals surface area contributed by atoms with Crippen LogP contribution in [0.1, 0.15) is 38.5 Å². The molecule has 0 saturated carbocycles. The molecule has 28 heavy (non-hydrogen) atoms. The number of carbonyl (C=O) groups excluding carboxylic acids is 2. The molecule has 0 aliphatic heterocycles. The van der Waals surface area contributed by atoms with Gasteiger partial charge in [-0.1, -0.05) is 0 Å². The van der Waals surface area contributed by atoms with Crippen molar-refractivity contribution in [3.63, 3.8) is 0 Å². The molecule has 0 aliphatic carbocycles. The maximum absolute atomic E-state index is 11.8. The van der Waals surface area contributed by atoms with Crippen LogP contribution in [0.5, 0.6) is 0 Å². The topological polar surface area (TPSA) is 175 Å². The molecule has 2 atom stereocenters. The number of unbranched alkanes of at least 4 members (excludes halogenated alkanes) is 2. The normalized spacial score (nSPS) is 13.1. The molecule has 10 N–H and O–H groups in total. The Morgan fingerprint density at radius 2 is 0.929 bits per heavy atom. The molecule has 0 spiro atoms. The first-order valence-corrected chi connectivity index (χ1v) is 10.3. The Balaban J connectivity index is 3.73. The van der Waals surface area contributed by atoms with Gasteiger partial charge in [0.05, 0.1) is 0 Å². The Kier molecular flexibility index (Phi) is 18.2. The lowest BCUT2D eigenvalue weighted by Gasteiger charge is -2.17. The van der Waals surface area contributed by atoms with E-state index >= 15 is 0 Å². The van der Waals surface area contributed by atoms with Gasteiger partial charge in [-0.25, -0.2) is 0 Å². The first kappa shape index (κ1) is 26.7. The molecule has 0 heterocycles. The largest absolute Gasteiger partial charge is 0.380 e. The van der Waals surface area contributed by atoms with Crippen LogP contribution in [0.3, 0.4) is 0 Å². The molecule has 2 unspecified atom stereocenters. The third kappa shape index (κ3) is 14.7. The molecule has 0 radical (unpaired) electrons. The summed E-state index contributed by atoms with van der Waals surface area (Å²) in [5.41, 5.74) is 10.8. The SMILES string of the molecule is NCCCNCCCCNC(=O)C(O)C(O)C(=O)NCCCCNCCCN. The van der Waals surface area contributed by atoms with Crippen LogP contribution in [0.2, 0.25) is 0 Å². The number of carbonyl (C=O) groups is 2. The smallest absolute Gasteiger partial charge is 0.252 e. The number of hydrogen-bond donors (Lipinski definition) is 8. The van der Waals surface area contributed by atoms with Crippen LogP contribution in [0.25, 0.3) is 0 Å². The third-order valence-electron chi connectivity index (χ3n) is 4.11. The number of rotatable bonds is 19. The fraction of sp³-hybridized carbons (Fsp3) is 0.889. The number of amides is 2. The van der Waals surface area contributed by atoms with Crippen molar-refractivity contribution in [2.75, 3.05) is 52.4 Å². The second-order valence-electron chi connectivity index (χ2n) is 6.67. The van der Waals surface area contributed by atoms with Gasteiger partial charge < -0.3 is 42.9 Å². The summed E-state index contributed by atoms with van der Waals surface area (Å²) >= 11 is 0. The van der Waals surface area contributed by atoms with Crippen molar-refractivity contribution in [1.82, 2.24) is 21.3 Å². The summed E-state index contributed by atoms with van der Waals surface area (Å²) in [5.74, 6) is -1.49. The molecule has 0 aromatic carbocycles. The number of nitrogens with one attached hydrogen (secondary N) is 4.